The molecule has 0 spiro atoms. The summed E-state index contributed by atoms with van der Waals surface area (Å²) >= 11 is 2.10. The van der Waals surface area contributed by atoms with Crippen molar-refractivity contribution < 1.29 is 18.0 Å². The molecule has 5 nitrogen and oxygen atoms in total. The lowest BCUT2D eigenvalue weighted by Crippen LogP contribution is -2.46. The lowest BCUT2D eigenvalue weighted by Gasteiger charge is -2.29. The molecular formula is C10H18INO4S. The van der Waals surface area contributed by atoms with Crippen molar-refractivity contribution in [1.82, 2.24) is 4.47 Å². The van der Waals surface area contributed by atoms with Crippen molar-refractivity contribution >= 4 is 32.6 Å². The van der Waals surface area contributed by atoms with E-state index in [4.69, 9.17) is 9.57 Å². The van der Waals surface area contributed by atoms with Crippen LogP contribution >= 0.6 is 22.6 Å². The smallest absolute Gasteiger partial charge is 0.245 e. The van der Waals surface area contributed by atoms with Gasteiger partial charge in [0.1, 0.15) is 0 Å². The van der Waals surface area contributed by atoms with E-state index >= 15 is 0 Å². The van der Waals surface area contributed by atoms with Crippen LogP contribution in [0.5, 0.6) is 0 Å². The summed E-state index contributed by atoms with van der Waals surface area (Å²) in [5.74, 6) is 0. The van der Waals surface area contributed by atoms with E-state index in [9.17, 15) is 8.42 Å². The molecule has 7 heteroatoms. The third kappa shape index (κ3) is 2.83. The SMILES string of the molecule is C=CCC(OC)N(OC)S(=O)(=O)C1(CI)CC1. The number of hydroxylamine groups is 1. The fourth-order valence-corrected chi connectivity index (χ4v) is 5.33. The van der Waals surface area contributed by atoms with Gasteiger partial charge in [0.15, 0.2) is 6.23 Å². The molecule has 1 atom stereocenters. The molecule has 0 aromatic carbocycles. The van der Waals surface area contributed by atoms with Crippen LogP contribution in [0.4, 0.5) is 0 Å². The van der Waals surface area contributed by atoms with Gasteiger partial charge in [0.2, 0.25) is 10.0 Å². The molecular weight excluding hydrogens is 357 g/mol. The zero-order valence-corrected chi connectivity index (χ0v) is 13.0. The zero-order valence-electron chi connectivity index (χ0n) is 10.1. The molecule has 1 saturated carbocycles. The van der Waals surface area contributed by atoms with Crippen molar-refractivity contribution in [2.24, 2.45) is 0 Å². The lowest BCUT2D eigenvalue weighted by molar-refractivity contribution is -0.162. The molecule has 1 aliphatic carbocycles. The first-order chi connectivity index (χ1) is 7.99. The summed E-state index contributed by atoms with van der Waals surface area (Å²) in [6, 6.07) is 0. The van der Waals surface area contributed by atoms with Gasteiger partial charge in [0.25, 0.3) is 0 Å². The normalized spacial score (nSPS) is 20.2. The van der Waals surface area contributed by atoms with Crippen molar-refractivity contribution in [2.75, 3.05) is 18.6 Å². The monoisotopic (exact) mass is 375 g/mol. The van der Waals surface area contributed by atoms with Gasteiger partial charge in [-0.15, -0.1) is 6.58 Å². The standard InChI is InChI=1S/C10H18INO4S/c1-4-5-9(15-2)12(16-3)17(13,14)10(8-11)6-7-10/h4,9H,1,5-8H2,2-3H3. The summed E-state index contributed by atoms with van der Waals surface area (Å²) in [7, 11) is -0.691. The number of alkyl halides is 1. The van der Waals surface area contributed by atoms with Crippen LogP contribution in [0.1, 0.15) is 19.3 Å². The molecule has 0 saturated heterocycles. The molecule has 100 valence electrons. The Balaban J connectivity index is 2.97. The van der Waals surface area contributed by atoms with Crippen LogP contribution in [0.2, 0.25) is 0 Å². The van der Waals surface area contributed by atoms with E-state index in [0.717, 1.165) is 4.47 Å². The Labute approximate surface area is 116 Å². The average molecular weight is 375 g/mol. The fraction of sp³-hybridized carbons (Fsp3) is 0.800. The Morgan fingerprint density at radius 1 is 1.53 bits per heavy atom. The predicted octanol–water partition coefficient (Wildman–Crippen LogP) is 1.70. The summed E-state index contributed by atoms with van der Waals surface area (Å²) in [6.45, 7) is 3.59. The maximum atomic E-state index is 12.4. The molecule has 0 aromatic rings. The Morgan fingerprint density at radius 3 is 2.41 bits per heavy atom. The van der Waals surface area contributed by atoms with Crippen molar-refractivity contribution in [2.45, 2.75) is 30.2 Å². The number of nitrogens with zero attached hydrogens (tertiary/aromatic N) is 1. The number of methoxy groups -OCH3 is 1. The maximum Gasteiger partial charge on any atom is 0.245 e. The molecule has 0 aromatic heterocycles. The van der Waals surface area contributed by atoms with Gasteiger partial charge in [-0.2, -0.15) is 0 Å². The van der Waals surface area contributed by atoms with Crippen LogP contribution < -0.4 is 0 Å². The first-order valence-corrected chi connectivity index (χ1v) is 8.23. The van der Waals surface area contributed by atoms with Crippen molar-refractivity contribution in [3.8, 4) is 0 Å². The van der Waals surface area contributed by atoms with Crippen molar-refractivity contribution in [3.05, 3.63) is 12.7 Å². The lowest BCUT2D eigenvalue weighted by atomic mass is 10.4. The fourth-order valence-electron chi connectivity index (χ4n) is 1.57. The van der Waals surface area contributed by atoms with Crippen LogP contribution in [0.25, 0.3) is 0 Å². The second-order valence-corrected chi connectivity index (χ2v) is 6.91. The molecule has 0 radical (unpaired) electrons. The Bertz CT molecular complexity index is 367. The van der Waals surface area contributed by atoms with Gasteiger partial charge in [0, 0.05) is 18.0 Å². The van der Waals surface area contributed by atoms with Gasteiger partial charge in [-0.1, -0.05) is 33.1 Å². The molecule has 0 bridgehead atoms. The molecule has 17 heavy (non-hydrogen) atoms. The van der Waals surface area contributed by atoms with E-state index in [0.29, 0.717) is 23.7 Å². The zero-order chi connectivity index (χ0) is 13.1. The third-order valence-electron chi connectivity index (χ3n) is 2.89. The van der Waals surface area contributed by atoms with Gasteiger partial charge < -0.3 is 4.74 Å². The highest BCUT2D eigenvalue weighted by molar-refractivity contribution is 14.1. The summed E-state index contributed by atoms with van der Waals surface area (Å²) in [5.41, 5.74) is 0. The number of sulfonamides is 1. The second-order valence-electron chi connectivity index (χ2n) is 3.97. The first-order valence-electron chi connectivity index (χ1n) is 5.27. The van der Waals surface area contributed by atoms with Crippen LogP contribution in [0.15, 0.2) is 12.7 Å². The highest BCUT2D eigenvalue weighted by Crippen LogP contribution is 2.47. The Kier molecular flexibility index (Phi) is 5.39. The minimum Gasteiger partial charge on any atom is -0.363 e. The average Bonchev–Trinajstić information content (AvgIpc) is 3.09. The second kappa shape index (κ2) is 5.96. The molecule has 1 rings (SSSR count). The molecule has 0 N–H and O–H groups in total. The Hall–Kier alpha value is 0.300. The van der Waals surface area contributed by atoms with Gasteiger partial charge >= 0.3 is 0 Å². The predicted molar refractivity (Wildman–Crippen MR) is 74.2 cm³/mol. The van der Waals surface area contributed by atoms with E-state index in [1.165, 1.54) is 14.2 Å². The van der Waals surface area contributed by atoms with Gasteiger partial charge in [-0.3, -0.25) is 4.84 Å². The highest BCUT2D eigenvalue weighted by atomic mass is 127. The third-order valence-corrected chi connectivity index (χ3v) is 7.37. The molecule has 1 unspecified atom stereocenters. The van der Waals surface area contributed by atoms with Crippen LogP contribution in [0.3, 0.4) is 0 Å². The summed E-state index contributed by atoms with van der Waals surface area (Å²) in [6.07, 6.45) is 2.72. The summed E-state index contributed by atoms with van der Waals surface area (Å²) in [5, 5.41) is 0. The van der Waals surface area contributed by atoms with E-state index in [-0.39, 0.29) is 0 Å². The Morgan fingerprint density at radius 2 is 2.12 bits per heavy atom. The van der Waals surface area contributed by atoms with Gasteiger partial charge in [-0.05, 0) is 12.8 Å². The molecule has 1 fully saturated rings. The van der Waals surface area contributed by atoms with Crippen LogP contribution in [0, 0.1) is 0 Å². The molecule has 0 aliphatic heterocycles. The quantitative estimate of drug-likeness (QED) is 0.213. The van der Waals surface area contributed by atoms with Gasteiger partial charge in [0.05, 0.1) is 11.9 Å². The highest BCUT2D eigenvalue weighted by Gasteiger charge is 2.57. The minimum atomic E-state index is -3.49. The maximum absolute atomic E-state index is 12.4. The number of rotatable bonds is 8. The number of halogens is 1. The van der Waals surface area contributed by atoms with E-state index in [2.05, 4.69) is 29.2 Å². The largest absolute Gasteiger partial charge is 0.363 e. The minimum absolute atomic E-state index is 0.390. The van der Waals surface area contributed by atoms with Gasteiger partial charge in [-0.25, -0.2) is 8.42 Å². The number of hydrogen-bond donors (Lipinski definition) is 0. The summed E-state index contributed by atoms with van der Waals surface area (Å²) in [4.78, 5) is 5.02. The van der Waals surface area contributed by atoms with Crippen molar-refractivity contribution in [1.29, 1.82) is 0 Å². The van der Waals surface area contributed by atoms with E-state index < -0.39 is 21.0 Å². The summed E-state index contributed by atoms with van der Waals surface area (Å²) < 4.78 is 30.9. The molecule has 0 amide bonds. The number of hydrogen-bond acceptors (Lipinski definition) is 4. The van der Waals surface area contributed by atoms with Crippen molar-refractivity contribution in [3.63, 3.8) is 0 Å². The topological polar surface area (TPSA) is 55.8 Å². The van der Waals surface area contributed by atoms with E-state index in [1.807, 2.05) is 0 Å². The van der Waals surface area contributed by atoms with E-state index in [1.54, 1.807) is 6.08 Å². The molecule has 1 aliphatic rings. The van der Waals surface area contributed by atoms with Crippen LogP contribution in [-0.4, -0.2) is 42.5 Å². The molecule has 0 heterocycles. The van der Waals surface area contributed by atoms with Crippen LogP contribution in [-0.2, 0) is 19.6 Å². The first kappa shape index (κ1) is 15.4. The number of ether oxygens (including phenoxy) is 1.